The van der Waals surface area contributed by atoms with E-state index in [2.05, 4.69) is 228 Å². The second-order valence-corrected chi connectivity index (χ2v) is 30.5. The van der Waals surface area contributed by atoms with Crippen LogP contribution >= 0.6 is 0 Å². The molecule has 0 aliphatic carbocycles. The molecule has 6 aliphatic heterocycles. The molecule has 6 fully saturated rings. The van der Waals surface area contributed by atoms with Gasteiger partial charge in [0.25, 0.3) is 0 Å². The number of aromatic nitrogens is 8. The predicted molar refractivity (Wildman–Crippen MR) is 415 cm³/mol. The molecule has 24 heteroatoms. The van der Waals surface area contributed by atoms with Crippen LogP contribution in [0.4, 0.5) is 24.1 Å². The number of aryl methyl sites for hydroxylation is 8. The van der Waals surface area contributed by atoms with Gasteiger partial charge < -0.3 is 46.7 Å². The normalized spacial score (nSPS) is 18.3. The molecule has 24 nitrogen and oxygen atoms in total. The van der Waals surface area contributed by atoms with Gasteiger partial charge in [0, 0.05) is 189 Å². The van der Waals surface area contributed by atoms with Gasteiger partial charge in [-0.3, -0.25) is 29.4 Å². The minimum Gasteiger partial charge on any atom is -0.496 e. The first-order valence-corrected chi connectivity index (χ1v) is 38.3. The van der Waals surface area contributed by atoms with E-state index in [9.17, 15) is 0 Å². The van der Waals surface area contributed by atoms with Crippen LogP contribution in [0.3, 0.4) is 0 Å². The van der Waals surface area contributed by atoms with Gasteiger partial charge in [-0.05, 0) is 194 Å². The third-order valence-electron chi connectivity index (χ3n) is 22.1. The largest absolute Gasteiger partial charge is 0.496 e. The molecule has 4 aromatic carbocycles. The summed E-state index contributed by atoms with van der Waals surface area (Å²) in [7, 11) is 3.36. The Hall–Kier alpha value is -8.00. The maximum Gasteiger partial charge on any atom is 0.318 e. The first kappa shape index (κ1) is 77.1. The molecule has 0 saturated carbocycles. The van der Waals surface area contributed by atoms with E-state index in [0.29, 0.717) is 83.9 Å². The van der Waals surface area contributed by atoms with Crippen molar-refractivity contribution < 1.29 is 27.1 Å². The second-order valence-electron chi connectivity index (χ2n) is 30.5. The highest BCUT2D eigenvalue weighted by Crippen LogP contribution is 2.35. The molecular weight excluding hydrogens is 1310 g/mol. The summed E-state index contributed by atoms with van der Waals surface area (Å²) in [5.74, 6) is 4.02. The molecule has 564 valence electrons. The van der Waals surface area contributed by atoms with Crippen molar-refractivity contribution in [3.63, 3.8) is 0 Å². The second kappa shape index (κ2) is 35.4. The van der Waals surface area contributed by atoms with Gasteiger partial charge in [0.2, 0.25) is 23.6 Å². The summed E-state index contributed by atoms with van der Waals surface area (Å²) >= 11 is 0. The van der Waals surface area contributed by atoms with Crippen LogP contribution in [0.5, 0.6) is 11.5 Å². The van der Waals surface area contributed by atoms with Gasteiger partial charge in [0.15, 0.2) is 0 Å². The zero-order valence-corrected chi connectivity index (χ0v) is 65.7. The maximum absolute atomic E-state index is 6.08. The smallest absolute Gasteiger partial charge is 0.318 e. The number of piperidine rings is 2. The minimum absolute atomic E-state index is 0.548. The van der Waals surface area contributed by atoms with E-state index in [-0.39, 0.29) is 0 Å². The van der Waals surface area contributed by atoms with E-state index < -0.39 is 0 Å². The van der Waals surface area contributed by atoms with Crippen LogP contribution in [0.1, 0.15) is 126 Å². The highest BCUT2D eigenvalue weighted by atomic mass is 16.5. The van der Waals surface area contributed by atoms with Gasteiger partial charge >= 0.3 is 24.1 Å². The molecule has 0 spiro atoms. The van der Waals surface area contributed by atoms with Crippen LogP contribution < -0.4 is 29.1 Å². The Labute approximate surface area is 618 Å². The van der Waals surface area contributed by atoms with E-state index in [4.69, 9.17) is 27.1 Å². The summed E-state index contributed by atoms with van der Waals surface area (Å²) in [4.78, 5) is 24.3. The van der Waals surface area contributed by atoms with Crippen molar-refractivity contribution >= 4 is 24.1 Å². The van der Waals surface area contributed by atoms with Crippen molar-refractivity contribution in [2.75, 3.05) is 165 Å². The summed E-state index contributed by atoms with van der Waals surface area (Å²) in [5.41, 5.74) is 13.2. The standard InChI is InChI=1S/C23H35N5O2.C22H33N5O.C18H26N4O2.C17H24N4O/c1-16(2)26-10-12-27(13-11-26)19-6-8-28(9-7-19)23-25-24-22(30-23)20-15-21(29-5)18(4)14-17(20)3;1-16(2)25-11-13-26(14-12-25)19-7-9-27(10-8-19)22-24-23-21(28-22)20-6-5-17(3)15-18(20)4;1-12(2)21-6-8-22(9-7-21)18-20-19-17(24-18)15-11-16(23-5)14(4)10-13(15)3;1-12(2)20-7-9-21(10-8-20)17-19-18-16(22-17)15-6-5-13(3)11-14(15)4/h14-16,19H,6-13H2,1-5H3;5-6,15-16,19H,7-14H2,1-4H3;10-12H,6-9H2,1-5H3;5-6,11-12H,7-10H2,1-4H3. The molecule has 4 aromatic heterocycles. The molecule has 10 heterocycles. The van der Waals surface area contributed by atoms with Crippen molar-refractivity contribution in [3.8, 4) is 57.3 Å². The Morgan fingerprint density at radius 3 is 0.827 bits per heavy atom. The van der Waals surface area contributed by atoms with Gasteiger partial charge in [-0.15, -0.1) is 20.4 Å². The molecule has 0 atom stereocenters. The molecule has 6 aliphatic rings. The first-order chi connectivity index (χ1) is 50.0. The van der Waals surface area contributed by atoms with Gasteiger partial charge in [-0.2, -0.15) is 0 Å². The average molecular weight is 1430 g/mol. The molecule has 8 aromatic rings. The van der Waals surface area contributed by atoms with E-state index in [1.54, 1.807) is 14.2 Å². The molecule has 0 N–H and O–H groups in total. The molecular formula is C80H118N18O6. The summed E-state index contributed by atoms with van der Waals surface area (Å²) in [6, 6.07) is 27.1. The Balaban J connectivity index is 0.000000140. The summed E-state index contributed by atoms with van der Waals surface area (Å²) in [6.45, 7) is 55.9. The quantitative estimate of drug-likeness (QED) is 0.0881. The topological polar surface area (TPSA) is 207 Å². The number of benzene rings is 4. The van der Waals surface area contributed by atoms with E-state index in [0.717, 1.165) is 147 Å². The summed E-state index contributed by atoms with van der Waals surface area (Å²) in [5, 5.41) is 34.3. The monoisotopic (exact) mass is 1430 g/mol. The van der Waals surface area contributed by atoms with Gasteiger partial charge in [0.1, 0.15) is 11.5 Å². The van der Waals surface area contributed by atoms with Crippen LogP contribution in [-0.4, -0.2) is 252 Å². The van der Waals surface area contributed by atoms with Gasteiger partial charge in [0.05, 0.1) is 14.2 Å². The number of piperazine rings is 4. The highest BCUT2D eigenvalue weighted by molar-refractivity contribution is 5.65. The number of rotatable bonds is 16. The van der Waals surface area contributed by atoms with Crippen molar-refractivity contribution in [1.29, 1.82) is 0 Å². The number of methoxy groups -OCH3 is 2. The van der Waals surface area contributed by atoms with Crippen LogP contribution in [0.2, 0.25) is 0 Å². The Morgan fingerprint density at radius 1 is 0.298 bits per heavy atom. The summed E-state index contributed by atoms with van der Waals surface area (Å²) in [6.07, 6.45) is 4.64. The lowest BCUT2D eigenvalue weighted by Gasteiger charge is -2.43. The van der Waals surface area contributed by atoms with Gasteiger partial charge in [-0.25, -0.2) is 0 Å². The number of nitrogens with zero attached hydrogens (tertiary/aromatic N) is 18. The van der Waals surface area contributed by atoms with Gasteiger partial charge in [-0.1, -0.05) is 67.9 Å². The van der Waals surface area contributed by atoms with E-state index in [1.165, 1.54) is 87.5 Å². The molecule has 14 rings (SSSR count). The molecule has 6 saturated heterocycles. The SMILES string of the molecule is COc1cc(-c2nnc(N3CCC(N4CCN(C(C)C)CC4)CC3)o2)c(C)cc1C.COc1cc(-c2nnc(N3CCN(C(C)C)CC3)o2)c(C)cc1C.Cc1ccc(-c2nnc(N3CCC(N4CCN(C(C)C)CC4)CC3)o2)c(C)c1.Cc1ccc(-c2nnc(N3CCN(C(C)C)CC3)o2)c(C)c1. The van der Waals surface area contributed by atoms with Crippen molar-refractivity contribution in [2.24, 2.45) is 0 Å². The lowest BCUT2D eigenvalue weighted by atomic mass is 10.0. The molecule has 0 unspecified atom stereocenters. The van der Waals surface area contributed by atoms with Crippen LogP contribution in [-0.2, 0) is 0 Å². The fourth-order valence-corrected chi connectivity index (χ4v) is 15.4. The third-order valence-corrected chi connectivity index (χ3v) is 22.1. The maximum atomic E-state index is 6.08. The fourth-order valence-electron chi connectivity index (χ4n) is 15.4. The first-order valence-electron chi connectivity index (χ1n) is 38.3. The highest BCUT2D eigenvalue weighted by Gasteiger charge is 2.33. The molecule has 0 radical (unpaired) electrons. The molecule has 0 bridgehead atoms. The van der Waals surface area contributed by atoms with Crippen molar-refractivity contribution in [3.05, 3.63) is 105 Å². The summed E-state index contributed by atoms with van der Waals surface area (Å²) < 4.78 is 34.9. The van der Waals surface area contributed by atoms with Crippen LogP contribution in [0.15, 0.2) is 78.3 Å². The van der Waals surface area contributed by atoms with Crippen LogP contribution in [0, 0.1) is 55.4 Å². The third kappa shape index (κ3) is 19.2. The lowest BCUT2D eigenvalue weighted by Crippen LogP contribution is -2.54. The Bertz CT molecular complexity index is 4000. The molecule has 104 heavy (non-hydrogen) atoms. The predicted octanol–water partition coefficient (Wildman–Crippen LogP) is 12.5. The Kier molecular flexibility index (Phi) is 26.2. The van der Waals surface area contributed by atoms with E-state index >= 15 is 0 Å². The average Bonchev–Trinajstić information content (AvgIpc) is 1.35. The molecule has 0 amide bonds. The number of ether oxygens (including phenoxy) is 2. The fraction of sp³-hybridized carbons (Fsp3) is 0.600. The zero-order valence-electron chi connectivity index (χ0n) is 65.7. The van der Waals surface area contributed by atoms with Crippen molar-refractivity contribution in [2.45, 2.75) is 173 Å². The van der Waals surface area contributed by atoms with Crippen molar-refractivity contribution in [1.82, 2.24) is 70.2 Å². The lowest BCUT2D eigenvalue weighted by molar-refractivity contribution is 0.0689. The number of hydrogen-bond acceptors (Lipinski definition) is 24. The minimum atomic E-state index is 0.548. The number of hydrogen-bond donors (Lipinski definition) is 0. The van der Waals surface area contributed by atoms with E-state index in [1.807, 2.05) is 32.9 Å². The number of anilines is 4. The zero-order chi connectivity index (χ0) is 73.9. The Morgan fingerprint density at radius 2 is 0.558 bits per heavy atom. The van der Waals surface area contributed by atoms with Crippen LogP contribution in [0.25, 0.3) is 45.8 Å².